The van der Waals surface area contributed by atoms with Gasteiger partial charge in [0.1, 0.15) is 5.37 Å². The molecule has 0 N–H and O–H groups in total. The lowest BCUT2D eigenvalue weighted by Crippen LogP contribution is -2.28. The number of carbonyl (C=O) groups excluding carboxylic acids is 1. The molecule has 0 saturated carbocycles. The number of amides is 1. The number of benzene rings is 2. The maximum Gasteiger partial charge on any atom is 0.234 e. The summed E-state index contributed by atoms with van der Waals surface area (Å²) in [6.45, 7) is -0.181. The van der Waals surface area contributed by atoms with Gasteiger partial charge in [0.25, 0.3) is 0 Å². The second-order valence-electron chi connectivity index (χ2n) is 5.60. The zero-order valence-corrected chi connectivity index (χ0v) is 14.9. The van der Waals surface area contributed by atoms with Crippen molar-refractivity contribution in [1.29, 1.82) is 0 Å². The molecule has 138 valence electrons. The fourth-order valence-electron chi connectivity index (χ4n) is 2.86. The van der Waals surface area contributed by atoms with Gasteiger partial charge in [-0.3, -0.25) is 4.79 Å². The van der Waals surface area contributed by atoms with E-state index >= 15 is 0 Å². The molecule has 0 radical (unpaired) electrons. The molecule has 1 unspecified atom stereocenters. The van der Waals surface area contributed by atoms with E-state index in [0.29, 0.717) is 17.1 Å². The Morgan fingerprint density at radius 3 is 2.58 bits per heavy atom. The fraction of sp³-hybridized carbons (Fsp3) is 0.278. The summed E-state index contributed by atoms with van der Waals surface area (Å²) in [6, 6.07) is 7.26. The molecule has 0 bridgehead atoms. The highest BCUT2D eigenvalue weighted by molar-refractivity contribution is 8.00. The second-order valence-corrected chi connectivity index (χ2v) is 6.67. The number of halogens is 3. The highest BCUT2D eigenvalue weighted by Crippen LogP contribution is 2.46. The van der Waals surface area contributed by atoms with Crippen molar-refractivity contribution >= 4 is 17.7 Å². The monoisotopic (exact) mass is 383 g/mol. The van der Waals surface area contributed by atoms with Crippen molar-refractivity contribution in [2.75, 3.05) is 20.0 Å². The first kappa shape index (κ1) is 18.4. The minimum atomic E-state index is -1.54. The summed E-state index contributed by atoms with van der Waals surface area (Å²) in [6.07, 6.45) is 0. The molecule has 3 rings (SSSR count). The predicted octanol–water partition coefficient (Wildman–Crippen LogP) is 3.90. The first-order valence-electron chi connectivity index (χ1n) is 7.72. The molecule has 1 aliphatic rings. The Morgan fingerprint density at radius 2 is 1.88 bits per heavy atom. The Morgan fingerprint density at radius 1 is 1.12 bits per heavy atom. The molecule has 1 saturated heterocycles. The van der Waals surface area contributed by atoms with Crippen LogP contribution in [0, 0.1) is 17.5 Å². The number of hydrogen-bond acceptors (Lipinski definition) is 4. The molecule has 26 heavy (non-hydrogen) atoms. The third-order valence-electron chi connectivity index (χ3n) is 4.12. The van der Waals surface area contributed by atoms with E-state index in [0.717, 1.165) is 12.1 Å². The molecular formula is C18H16F3NO3S. The van der Waals surface area contributed by atoms with Crippen LogP contribution in [0.1, 0.15) is 16.5 Å². The van der Waals surface area contributed by atoms with Crippen LogP contribution in [0.25, 0.3) is 0 Å². The zero-order chi connectivity index (χ0) is 18.8. The molecule has 0 aromatic heterocycles. The number of hydrogen-bond donors (Lipinski definition) is 0. The van der Waals surface area contributed by atoms with Crippen molar-refractivity contribution in [2.45, 2.75) is 11.9 Å². The van der Waals surface area contributed by atoms with Crippen molar-refractivity contribution in [1.82, 2.24) is 4.90 Å². The van der Waals surface area contributed by atoms with E-state index in [1.165, 1.54) is 30.9 Å². The maximum atomic E-state index is 14.0. The third-order valence-corrected chi connectivity index (χ3v) is 5.36. The van der Waals surface area contributed by atoms with Gasteiger partial charge in [-0.05, 0) is 12.1 Å². The molecule has 1 heterocycles. The normalized spacial score (nSPS) is 16.9. The van der Waals surface area contributed by atoms with E-state index in [4.69, 9.17) is 9.47 Å². The topological polar surface area (TPSA) is 38.8 Å². The van der Waals surface area contributed by atoms with E-state index < -0.39 is 22.8 Å². The Kier molecular flexibility index (Phi) is 5.31. The lowest BCUT2D eigenvalue weighted by molar-refractivity contribution is -0.128. The smallest absolute Gasteiger partial charge is 0.234 e. The summed E-state index contributed by atoms with van der Waals surface area (Å²) >= 11 is 1.34. The van der Waals surface area contributed by atoms with E-state index in [2.05, 4.69) is 0 Å². The van der Waals surface area contributed by atoms with Gasteiger partial charge in [0, 0.05) is 11.1 Å². The number of ether oxygens (including phenoxy) is 2. The lowest BCUT2D eigenvalue weighted by Gasteiger charge is -2.26. The van der Waals surface area contributed by atoms with E-state index in [-0.39, 0.29) is 23.8 Å². The van der Waals surface area contributed by atoms with Crippen molar-refractivity contribution in [2.24, 2.45) is 0 Å². The number of para-hydroxylation sites is 1. The predicted molar refractivity (Wildman–Crippen MR) is 91.6 cm³/mol. The Bertz CT molecular complexity index is 847. The van der Waals surface area contributed by atoms with Gasteiger partial charge in [0.05, 0.1) is 26.5 Å². The number of methoxy groups -OCH3 is 2. The first-order valence-corrected chi connectivity index (χ1v) is 8.77. The van der Waals surface area contributed by atoms with Crippen LogP contribution in [0.2, 0.25) is 0 Å². The fourth-order valence-corrected chi connectivity index (χ4v) is 4.06. The van der Waals surface area contributed by atoms with Crippen molar-refractivity contribution in [3.05, 3.63) is 58.9 Å². The molecule has 1 fully saturated rings. The molecule has 2 aromatic rings. The van der Waals surface area contributed by atoms with Gasteiger partial charge in [-0.1, -0.05) is 18.2 Å². The highest BCUT2D eigenvalue weighted by atomic mass is 32.2. The number of rotatable bonds is 5. The van der Waals surface area contributed by atoms with Crippen LogP contribution >= 0.6 is 11.8 Å². The van der Waals surface area contributed by atoms with Gasteiger partial charge in [-0.2, -0.15) is 0 Å². The Balaban J connectivity index is 1.97. The molecular weight excluding hydrogens is 367 g/mol. The van der Waals surface area contributed by atoms with E-state index in [1.54, 1.807) is 18.2 Å². The van der Waals surface area contributed by atoms with Crippen LogP contribution in [0.4, 0.5) is 13.2 Å². The van der Waals surface area contributed by atoms with Crippen molar-refractivity contribution in [3.8, 4) is 11.5 Å². The van der Waals surface area contributed by atoms with Gasteiger partial charge in [-0.15, -0.1) is 11.8 Å². The van der Waals surface area contributed by atoms with Crippen molar-refractivity contribution in [3.63, 3.8) is 0 Å². The van der Waals surface area contributed by atoms with Gasteiger partial charge in [0.15, 0.2) is 29.0 Å². The first-order chi connectivity index (χ1) is 12.5. The standard InChI is InChI=1S/C18H16F3NO3S/c1-24-13-5-3-4-11(17(13)25-2)18-22(14(23)9-26-18)8-10-6-7-12(19)16(21)15(10)20/h3-7,18H,8-9H2,1-2H3. The summed E-state index contributed by atoms with van der Waals surface area (Å²) in [7, 11) is 2.99. The summed E-state index contributed by atoms with van der Waals surface area (Å²) in [4.78, 5) is 13.7. The minimum absolute atomic E-state index is 0.0911. The van der Waals surface area contributed by atoms with Crippen molar-refractivity contribution < 1.29 is 27.4 Å². The molecule has 8 heteroatoms. The van der Waals surface area contributed by atoms with Crippen LogP contribution in [0.3, 0.4) is 0 Å². The Hall–Kier alpha value is -2.35. The maximum absolute atomic E-state index is 14.0. The lowest BCUT2D eigenvalue weighted by atomic mass is 10.1. The third kappa shape index (κ3) is 3.21. The molecule has 0 spiro atoms. The van der Waals surface area contributed by atoms with Gasteiger partial charge in [-0.25, -0.2) is 13.2 Å². The molecule has 1 amide bonds. The molecule has 2 aromatic carbocycles. The largest absolute Gasteiger partial charge is 0.493 e. The summed E-state index contributed by atoms with van der Waals surface area (Å²) in [5.41, 5.74) is 0.595. The number of thioether (sulfide) groups is 1. The Labute approximate surface area is 152 Å². The van der Waals surface area contributed by atoms with Gasteiger partial charge in [0.2, 0.25) is 5.91 Å². The van der Waals surface area contributed by atoms with Crippen LogP contribution in [0.15, 0.2) is 30.3 Å². The zero-order valence-electron chi connectivity index (χ0n) is 14.1. The SMILES string of the molecule is COc1cccc(C2SCC(=O)N2Cc2ccc(F)c(F)c2F)c1OC. The van der Waals surface area contributed by atoms with Gasteiger partial charge < -0.3 is 14.4 Å². The molecule has 0 aliphatic carbocycles. The number of carbonyl (C=O) groups is 1. The minimum Gasteiger partial charge on any atom is -0.493 e. The number of nitrogens with zero attached hydrogens (tertiary/aromatic N) is 1. The van der Waals surface area contributed by atoms with Crippen LogP contribution in [-0.2, 0) is 11.3 Å². The van der Waals surface area contributed by atoms with Crippen LogP contribution in [-0.4, -0.2) is 30.8 Å². The molecule has 1 atom stereocenters. The van der Waals surface area contributed by atoms with Crippen LogP contribution < -0.4 is 9.47 Å². The van der Waals surface area contributed by atoms with E-state index in [1.807, 2.05) is 0 Å². The van der Waals surface area contributed by atoms with Crippen LogP contribution in [0.5, 0.6) is 11.5 Å². The summed E-state index contributed by atoms with van der Waals surface area (Å²) < 4.78 is 51.4. The summed E-state index contributed by atoms with van der Waals surface area (Å²) in [5, 5.41) is -0.458. The highest BCUT2D eigenvalue weighted by Gasteiger charge is 2.36. The molecule has 1 aliphatic heterocycles. The van der Waals surface area contributed by atoms with Gasteiger partial charge >= 0.3 is 0 Å². The average molecular weight is 383 g/mol. The van der Waals surface area contributed by atoms with E-state index in [9.17, 15) is 18.0 Å². The average Bonchev–Trinajstić information content (AvgIpc) is 3.01. The second kappa shape index (κ2) is 7.49. The quantitative estimate of drug-likeness (QED) is 0.735. The summed E-state index contributed by atoms with van der Waals surface area (Å²) in [5.74, 6) is -3.16. The molecule has 4 nitrogen and oxygen atoms in total.